The third-order valence-corrected chi connectivity index (χ3v) is 2.55. The van der Waals surface area contributed by atoms with Crippen LogP contribution in [0.1, 0.15) is 20.3 Å². The van der Waals surface area contributed by atoms with Crippen LogP contribution in [0.2, 0.25) is 0 Å². The van der Waals surface area contributed by atoms with Crippen molar-refractivity contribution in [2.75, 3.05) is 5.33 Å². The quantitative estimate of drug-likeness (QED) is 0.472. The molecule has 0 nitrogen and oxygen atoms in total. The molecule has 0 spiro atoms. The fourth-order valence-electron chi connectivity index (χ4n) is 0.794. The van der Waals surface area contributed by atoms with Gasteiger partial charge in [-0.05, 0) is 18.3 Å². The van der Waals surface area contributed by atoms with Crippen LogP contribution in [-0.2, 0) is 0 Å². The average molecular weight is 191 g/mol. The number of hydrogen-bond donors (Lipinski definition) is 0. The highest BCUT2D eigenvalue weighted by Crippen LogP contribution is 2.13. The molecule has 0 bridgehead atoms. The van der Waals surface area contributed by atoms with Crippen molar-refractivity contribution >= 4 is 15.9 Å². The highest BCUT2D eigenvalue weighted by molar-refractivity contribution is 9.09. The fraction of sp³-hybridized carbons (Fsp3) is 0.750. The molecule has 0 radical (unpaired) electrons. The largest absolute Gasteiger partial charge is 0.103 e. The minimum absolute atomic E-state index is 0.664. The summed E-state index contributed by atoms with van der Waals surface area (Å²) in [5, 5.41) is 1.10. The van der Waals surface area contributed by atoms with Crippen LogP contribution < -0.4 is 0 Å². The molecule has 9 heavy (non-hydrogen) atoms. The SMILES string of the molecule is C=C[C@H](C)C[C@H](C)CBr. The van der Waals surface area contributed by atoms with Crippen LogP contribution in [0.3, 0.4) is 0 Å². The summed E-state index contributed by atoms with van der Waals surface area (Å²) >= 11 is 3.44. The van der Waals surface area contributed by atoms with Gasteiger partial charge >= 0.3 is 0 Å². The van der Waals surface area contributed by atoms with E-state index in [1.165, 1.54) is 6.42 Å². The van der Waals surface area contributed by atoms with Crippen molar-refractivity contribution in [3.63, 3.8) is 0 Å². The molecule has 0 rings (SSSR count). The van der Waals surface area contributed by atoms with Gasteiger partial charge in [0.1, 0.15) is 0 Å². The van der Waals surface area contributed by atoms with Crippen LogP contribution >= 0.6 is 15.9 Å². The Morgan fingerprint density at radius 2 is 2.11 bits per heavy atom. The third-order valence-electron chi connectivity index (χ3n) is 1.44. The van der Waals surface area contributed by atoms with Gasteiger partial charge < -0.3 is 0 Å². The Morgan fingerprint density at radius 3 is 2.44 bits per heavy atom. The fourth-order valence-corrected chi connectivity index (χ4v) is 1.06. The number of halogens is 1. The van der Waals surface area contributed by atoms with E-state index in [2.05, 4.69) is 36.4 Å². The molecular weight excluding hydrogens is 176 g/mol. The summed E-state index contributed by atoms with van der Waals surface area (Å²) in [7, 11) is 0. The second kappa shape index (κ2) is 5.04. The van der Waals surface area contributed by atoms with Crippen LogP contribution in [0, 0.1) is 11.8 Å². The predicted molar refractivity (Wildman–Crippen MR) is 46.9 cm³/mol. The molecule has 0 fully saturated rings. The molecule has 0 aromatic heterocycles. The molecule has 0 aromatic carbocycles. The highest BCUT2D eigenvalue weighted by atomic mass is 79.9. The monoisotopic (exact) mass is 190 g/mol. The van der Waals surface area contributed by atoms with Gasteiger partial charge in [-0.2, -0.15) is 0 Å². The number of rotatable bonds is 4. The summed E-state index contributed by atoms with van der Waals surface area (Å²) in [6.45, 7) is 8.18. The summed E-state index contributed by atoms with van der Waals surface area (Å²) in [5.41, 5.74) is 0. The minimum Gasteiger partial charge on any atom is -0.103 e. The first kappa shape index (κ1) is 9.22. The van der Waals surface area contributed by atoms with Crippen molar-refractivity contribution < 1.29 is 0 Å². The first-order chi connectivity index (χ1) is 4.20. The van der Waals surface area contributed by atoms with Gasteiger partial charge in [-0.15, -0.1) is 6.58 Å². The zero-order valence-corrected chi connectivity index (χ0v) is 7.82. The molecule has 2 atom stereocenters. The van der Waals surface area contributed by atoms with Gasteiger partial charge in [0.15, 0.2) is 0 Å². The van der Waals surface area contributed by atoms with Crippen molar-refractivity contribution in [1.82, 2.24) is 0 Å². The van der Waals surface area contributed by atoms with Gasteiger partial charge in [0, 0.05) is 5.33 Å². The van der Waals surface area contributed by atoms with Gasteiger partial charge in [-0.1, -0.05) is 35.9 Å². The Labute approximate surface area is 66.5 Å². The molecule has 0 saturated carbocycles. The maximum Gasteiger partial charge on any atom is 0.00572 e. The Morgan fingerprint density at radius 1 is 1.56 bits per heavy atom. The summed E-state index contributed by atoms with van der Waals surface area (Å²) in [5.74, 6) is 1.44. The Balaban J connectivity index is 3.33. The molecule has 0 aliphatic carbocycles. The second-order valence-corrected chi connectivity index (χ2v) is 3.36. The van der Waals surface area contributed by atoms with Gasteiger partial charge in [0.25, 0.3) is 0 Å². The summed E-state index contributed by atoms with van der Waals surface area (Å²) < 4.78 is 0. The molecule has 0 saturated heterocycles. The number of hydrogen-bond acceptors (Lipinski definition) is 0. The van der Waals surface area contributed by atoms with E-state index in [0.29, 0.717) is 5.92 Å². The molecule has 1 heteroatoms. The molecule has 0 heterocycles. The topological polar surface area (TPSA) is 0 Å². The van der Waals surface area contributed by atoms with Crippen LogP contribution in [0.25, 0.3) is 0 Å². The number of allylic oxidation sites excluding steroid dienone is 1. The molecule has 0 aliphatic heterocycles. The van der Waals surface area contributed by atoms with Crippen LogP contribution in [-0.4, -0.2) is 5.33 Å². The smallest absolute Gasteiger partial charge is 0.00572 e. The summed E-state index contributed by atoms with van der Waals surface area (Å²) in [4.78, 5) is 0. The lowest BCUT2D eigenvalue weighted by Gasteiger charge is -2.09. The van der Waals surface area contributed by atoms with Crippen LogP contribution in [0.15, 0.2) is 12.7 Å². The predicted octanol–water partition coefficient (Wildman–Crippen LogP) is 3.23. The van der Waals surface area contributed by atoms with Crippen LogP contribution in [0.4, 0.5) is 0 Å². The third kappa shape index (κ3) is 4.71. The normalized spacial score (nSPS) is 16.8. The van der Waals surface area contributed by atoms with E-state index >= 15 is 0 Å². The minimum atomic E-state index is 0.664. The van der Waals surface area contributed by atoms with E-state index < -0.39 is 0 Å². The molecule has 0 amide bonds. The molecule has 0 aromatic rings. The molecule has 0 unspecified atom stereocenters. The van der Waals surface area contributed by atoms with E-state index in [4.69, 9.17) is 0 Å². The van der Waals surface area contributed by atoms with E-state index in [9.17, 15) is 0 Å². The zero-order valence-electron chi connectivity index (χ0n) is 6.23. The summed E-state index contributed by atoms with van der Waals surface area (Å²) in [6.07, 6.45) is 3.26. The maximum absolute atomic E-state index is 3.73. The van der Waals surface area contributed by atoms with Crippen LogP contribution in [0.5, 0.6) is 0 Å². The molecule has 54 valence electrons. The van der Waals surface area contributed by atoms with Crippen molar-refractivity contribution in [1.29, 1.82) is 0 Å². The van der Waals surface area contributed by atoms with E-state index in [0.717, 1.165) is 11.2 Å². The lowest BCUT2D eigenvalue weighted by Crippen LogP contribution is -2.01. The first-order valence-electron chi connectivity index (χ1n) is 3.39. The molecular formula is C8H15Br. The lowest BCUT2D eigenvalue weighted by molar-refractivity contribution is 0.512. The zero-order chi connectivity index (χ0) is 7.28. The van der Waals surface area contributed by atoms with Crippen molar-refractivity contribution in [3.8, 4) is 0 Å². The van der Waals surface area contributed by atoms with Gasteiger partial charge in [-0.25, -0.2) is 0 Å². The number of alkyl halides is 1. The van der Waals surface area contributed by atoms with Crippen molar-refractivity contribution in [3.05, 3.63) is 12.7 Å². The average Bonchev–Trinajstić information content (AvgIpc) is 1.87. The van der Waals surface area contributed by atoms with E-state index in [-0.39, 0.29) is 0 Å². The highest BCUT2D eigenvalue weighted by Gasteiger charge is 2.02. The van der Waals surface area contributed by atoms with E-state index in [1.807, 2.05) is 6.08 Å². The lowest BCUT2D eigenvalue weighted by atomic mass is 9.99. The maximum atomic E-state index is 3.73. The Kier molecular flexibility index (Phi) is 5.16. The molecule has 0 N–H and O–H groups in total. The molecule has 0 aliphatic rings. The van der Waals surface area contributed by atoms with Crippen molar-refractivity contribution in [2.45, 2.75) is 20.3 Å². The Hall–Kier alpha value is 0.220. The van der Waals surface area contributed by atoms with E-state index in [1.54, 1.807) is 0 Å². The Bertz CT molecular complexity index is 78.6. The van der Waals surface area contributed by atoms with Gasteiger partial charge in [0.05, 0.1) is 0 Å². The van der Waals surface area contributed by atoms with Gasteiger partial charge in [0.2, 0.25) is 0 Å². The second-order valence-electron chi connectivity index (χ2n) is 2.71. The van der Waals surface area contributed by atoms with Gasteiger partial charge in [-0.3, -0.25) is 0 Å². The first-order valence-corrected chi connectivity index (χ1v) is 4.51. The summed E-state index contributed by atoms with van der Waals surface area (Å²) in [6, 6.07) is 0. The van der Waals surface area contributed by atoms with Crippen molar-refractivity contribution in [2.24, 2.45) is 11.8 Å². The standard InChI is InChI=1S/C8H15Br/c1-4-7(2)5-8(3)6-9/h4,7-8H,1,5-6H2,2-3H3/t7-,8-/m0/s1.